The van der Waals surface area contributed by atoms with Gasteiger partial charge in [0, 0.05) is 23.2 Å². The fourth-order valence-electron chi connectivity index (χ4n) is 3.35. The van der Waals surface area contributed by atoms with Crippen molar-refractivity contribution in [3.05, 3.63) is 28.8 Å². The number of rotatable bonds is 5. The van der Waals surface area contributed by atoms with Gasteiger partial charge in [-0.2, -0.15) is 0 Å². The summed E-state index contributed by atoms with van der Waals surface area (Å²) < 4.78 is 5.42. The predicted molar refractivity (Wildman–Crippen MR) is 85.4 cm³/mol. The van der Waals surface area contributed by atoms with Gasteiger partial charge in [-0.15, -0.1) is 0 Å². The average Bonchev–Trinajstić information content (AvgIpc) is 2.46. The average molecular weight is 296 g/mol. The van der Waals surface area contributed by atoms with Crippen molar-refractivity contribution in [1.29, 1.82) is 0 Å². The molecule has 1 aromatic rings. The Kier molecular flexibility index (Phi) is 5.74. The van der Waals surface area contributed by atoms with Gasteiger partial charge in [-0.25, -0.2) is 0 Å². The maximum atomic E-state index is 6.30. The molecule has 0 aliphatic heterocycles. The lowest BCUT2D eigenvalue weighted by atomic mass is 9.78. The lowest BCUT2D eigenvalue weighted by molar-refractivity contribution is 0.204. The smallest absolute Gasteiger partial charge is 0.124 e. The van der Waals surface area contributed by atoms with Crippen LogP contribution in [0.15, 0.2) is 18.2 Å². The summed E-state index contributed by atoms with van der Waals surface area (Å²) in [6.07, 6.45) is 5.32. The normalized spacial score (nSPS) is 23.1. The van der Waals surface area contributed by atoms with Crippen molar-refractivity contribution in [3.63, 3.8) is 0 Å². The summed E-state index contributed by atoms with van der Waals surface area (Å²) in [6, 6.07) is 6.44. The molecule has 112 valence electrons. The van der Waals surface area contributed by atoms with E-state index in [2.05, 4.69) is 19.2 Å². The fraction of sp³-hybridized carbons (Fsp3) is 0.647. The number of ether oxygens (including phenoxy) is 1. The third kappa shape index (κ3) is 3.67. The Bertz CT molecular complexity index is 433. The van der Waals surface area contributed by atoms with Gasteiger partial charge in [-0.3, -0.25) is 0 Å². The molecule has 0 amide bonds. The van der Waals surface area contributed by atoms with E-state index in [1.165, 1.54) is 25.7 Å². The van der Waals surface area contributed by atoms with Crippen LogP contribution in [-0.2, 0) is 6.54 Å². The molecule has 1 aliphatic rings. The molecule has 2 nitrogen and oxygen atoms in total. The molecule has 2 rings (SSSR count). The highest BCUT2D eigenvalue weighted by Crippen LogP contribution is 2.31. The summed E-state index contributed by atoms with van der Waals surface area (Å²) in [4.78, 5) is 0. The van der Waals surface area contributed by atoms with Gasteiger partial charge in [0.2, 0.25) is 0 Å². The molecule has 0 saturated heterocycles. The van der Waals surface area contributed by atoms with Crippen molar-refractivity contribution in [3.8, 4) is 5.75 Å². The van der Waals surface area contributed by atoms with Crippen molar-refractivity contribution in [2.45, 2.75) is 52.1 Å². The highest BCUT2D eigenvalue weighted by atomic mass is 35.5. The molecule has 3 heteroatoms. The number of hydrogen-bond donors (Lipinski definition) is 1. The van der Waals surface area contributed by atoms with E-state index in [1.807, 2.05) is 18.2 Å². The molecular weight excluding hydrogens is 270 g/mol. The first-order chi connectivity index (χ1) is 9.63. The van der Waals surface area contributed by atoms with Gasteiger partial charge >= 0.3 is 0 Å². The number of methoxy groups -OCH3 is 1. The molecule has 0 radical (unpaired) electrons. The van der Waals surface area contributed by atoms with Crippen molar-refractivity contribution in [2.75, 3.05) is 7.11 Å². The van der Waals surface area contributed by atoms with Crippen molar-refractivity contribution in [1.82, 2.24) is 5.32 Å². The van der Waals surface area contributed by atoms with Crippen LogP contribution in [0.25, 0.3) is 0 Å². The van der Waals surface area contributed by atoms with Crippen molar-refractivity contribution < 1.29 is 4.74 Å². The third-order valence-electron chi connectivity index (χ3n) is 4.51. The lowest BCUT2D eigenvalue weighted by Gasteiger charge is -2.35. The topological polar surface area (TPSA) is 21.3 Å². The number of nitrogens with one attached hydrogen (secondary N) is 1. The zero-order chi connectivity index (χ0) is 14.5. The SMILES string of the molecule is COc1cccc(Cl)c1CNC1CCCCC1C(C)C. The van der Waals surface area contributed by atoms with E-state index in [1.54, 1.807) is 7.11 Å². The van der Waals surface area contributed by atoms with Gasteiger partial charge in [0.25, 0.3) is 0 Å². The predicted octanol–water partition coefficient (Wildman–Crippen LogP) is 4.65. The van der Waals surface area contributed by atoms with E-state index in [0.29, 0.717) is 6.04 Å². The summed E-state index contributed by atoms with van der Waals surface area (Å²) in [5, 5.41) is 4.51. The molecule has 0 heterocycles. The first kappa shape index (κ1) is 15.7. The monoisotopic (exact) mass is 295 g/mol. The molecule has 0 spiro atoms. The van der Waals surface area contributed by atoms with Crippen LogP contribution in [0.4, 0.5) is 0 Å². The summed E-state index contributed by atoms with van der Waals surface area (Å²) in [6.45, 7) is 5.46. The second-order valence-corrected chi connectivity index (χ2v) is 6.51. The van der Waals surface area contributed by atoms with Crippen LogP contribution in [0.3, 0.4) is 0 Å². The number of hydrogen-bond acceptors (Lipinski definition) is 2. The maximum Gasteiger partial charge on any atom is 0.124 e. The highest BCUT2D eigenvalue weighted by Gasteiger charge is 2.27. The summed E-state index contributed by atoms with van der Waals surface area (Å²) in [5.74, 6) is 2.39. The number of benzene rings is 1. The van der Waals surface area contributed by atoms with Gasteiger partial charge < -0.3 is 10.1 Å². The van der Waals surface area contributed by atoms with Crippen LogP contribution < -0.4 is 10.1 Å². The molecule has 0 bridgehead atoms. The second-order valence-electron chi connectivity index (χ2n) is 6.10. The second kappa shape index (κ2) is 7.33. The Morgan fingerprint density at radius 2 is 2.05 bits per heavy atom. The van der Waals surface area contributed by atoms with Gasteiger partial charge in [0.1, 0.15) is 5.75 Å². The summed E-state index contributed by atoms with van der Waals surface area (Å²) in [7, 11) is 1.70. The van der Waals surface area contributed by atoms with E-state index in [0.717, 1.165) is 34.7 Å². The lowest BCUT2D eigenvalue weighted by Crippen LogP contribution is -2.40. The largest absolute Gasteiger partial charge is 0.496 e. The van der Waals surface area contributed by atoms with E-state index >= 15 is 0 Å². The van der Waals surface area contributed by atoms with Gasteiger partial charge in [-0.1, -0.05) is 44.4 Å². The van der Waals surface area contributed by atoms with Crippen molar-refractivity contribution in [2.24, 2.45) is 11.8 Å². The van der Waals surface area contributed by atoms with E-state index in [4.69, 9.17) is 16.3 Å². The molecule has 20 heavy (non-hydrogen) atoms. The minimum absolute atomic E-state index is 0.602. The molecule has 1 aromatic carbocycles. The highest BCUT2D eigenvalue weighted by molar-refractivity contribution is 6.31. The summed E-state index contributed by atoms with van der Waals surface area (Å²) >= 11 is 6.30. The Labute approximate surface area is 127 Å². The molecule has 1 fully saturated rings. The first-order valence-corrected chi connectivity index (χ1v) is 8.06. The van der Waals surface area contributed by atoms with Gasteiger partial charge in [0.15, 0.2) is 0 Å². The van der Waals surface area contributed by atoms with E-state index in [9.17, 15) is 0 Å². The molecule has 1 saturated carbocycles. The zero-order valence-electron chi connectivity index (χ0n) is 12.8. The molecule has 1 aliphatic carbocycles. The Morgan fingerprint density at radius 1 is 1.30 bits per heavy atom. The molecular formula is C17H26ClNO. The van der Waals surface area contributed by atoms with Crippen LogP contribution in [0, 0.1) is 11.8 Å². The quantitative estimate of drug-likeness (QED) is 0.853. The fourth-order valence-corrected chi connectivity index (χ4v) is 3.58. The number of halogens is 1. The molecule has 0 aromatic heterocycles. The van der Waals surface area contributed by atoms with Crippen LogP contribution >= 0.6 is 11.6 Å². The molecule has 1 N–H and O–H groups in total. The standard InChI is InChI=1S/C17H26ClNO/c1-12(2)13-7-4-5-9-16(13)19-11-14-15(18)8-6-10-17(14)20-3/h6,8,10,12-13,16,19H,4-5,7,9,11H2,1-3H3. The Balaban J connectivity index is 2.04. The maximum absolute atomic E-state index is 6.30. The van der Waals surface area contributed by atoms with E-state index in [-0.39, 0.29) is 0 Å². The summed E-state index contributed by atoms with van der Waals surface area (Å²) in [5.41, 5.74) is 1.07. The van der Waals surface area contributed by atoms with E-state index < -0.39 is 0 Å². The minimum Gasteiger partial charge on any atom is -0.496 e. The molecule has 2 atom stereocenters. The zero-order valence-corrected chi connectivity index (χ0v) is 13.5. The first-order valence-electron chi connectivity index (χ1n) is 7.68. The van der Waals surface area contributed by atoms with Crippen LogP contribution in [0.2, 0.25) is 5.02 Å². The third-order valence-corrected chi connectivity index (χ3v) is 4.87. The van der Waals surface area contributed by atoms with Gasteiger partial charge in [0.05, 0.1) is 7.11 Å². The van der Waals surface area contributed by atoms with Gasteiger partial charge in [-0.05, 0) is 36.8 Å². The van der Waals surface area contributed by atoms with Crippen LogP contribution in [0.1, 0.15) is 45.1 Å². The van der Waals surface area contributed by atoms with Crippen molar-refractivity contribution >= 4 is 11.6 Å². The Hall–Kier alpha value is -0.730. The minimum atomic E-state index is 0.602. The Morgan fingerprint density at radius 3 is 2.75 bits per heavy atom. The van der Waals surface area contributed by atoms with Crippen LogP contribution in [0.5, 0.6) is 5.75 Å². The van der Waals surface area contributed by atoms with Crippen LogP contribution in [-0.4, -0.2) is 13.2 Å². The molecule has 2 unspecified atom stereocenters.